The summed E-state index contributed by atoms with van der Waals surface area (Å²) in [5.74, 6) is -1.47. The van der Waals surface area contributed by atoms with Gasteiger partial charge in [-0.15, -0.1) is 0 Å². The summed E-state index contributed by atoms with van der Waals surface area (Å²) in [6.07, 6.45) is -1.17. The van der Waals surface area contributed by atoms with Crippen LogP contribution in [0.4, 0.5) is 0 Å². The topological polar surface area (TPSA) is 139 Å². The average molecular weight is 495 g/mol. The first kappa shape index (κ1) is 23.4. The third-order valence-electron chi connectivity index (χ3n) is 6.65. The second-order valence-corrected chi connectivity index (χ2v) is 10.3. The Labute approximate surface area is 203 Å². The van der Waals surface area contributed by atoms with Crippen LogP contribution in [0.15, 0.2) is 70.4 Å². The molecule has 4 atom stereocenters. The molecule has 1 unspecified atom stereocenters. The van der Waals surface area contributed by atoms with Crippen molar-refractivity contribution in [2.75, 3.05) is 0 Å². The van der Waals surface area contributed by atoms with Crippen molar-refractivity contribution in [3.63, 3.8) is 0 Å². The van der Waals surface area contributed by atoms with Gasteiger partial charge in [-0.05, 0) is 25.0 Å². The number of ether oxygens (including phenoxy) is 1. The van der Waals surface area contributed by atoms with Crippen LogP contribution in [-0.4, -0.2) is 48.0 Å². The van der Waals surface area contributed by atoms with Gasteiger partial charge in [0.05, 0.1) is 0 Å². The first-order valence-corrected chi connectivity index (χ1v) is 11.7. The Morgan fingerprint density at radius 2 is 1.60 bits per heavy atom. The van der Waals surface area contributed by atoms with Crippen molar-refractivity contribution in [1.29, 1.82) is 0 Å². The second-order valence-electron chi connectivity index (χ2n) is 8.83. The smallest absolute Gasteiger partial charge is 0.331 e. The number of aromatic amines is 1. The Kier molecular flexibility index (Phi) is 5.26. The van der Waals surface area contributed by atoms with E-state index in [1.165, 1.54) is 18.3 Å². The van der Waals surface area contributed by atoms with Gasteiger partial charge in [-0.2, -0.15) is 0 Å². The number of hydrogen-bond donors (Lipinski definition) is 3. The van der Waals surface area contributed by atoms with Crippen LogP contribution >= 0.6 is 11.8 Å². The minimum atomic E-state index is -2.36. The third kappa shape index (κ3) is 3.21. The molecule has 0 spiro atoms. The van der Waals surface area contributed by atoms with E-state index in [9.17, 15) is 29.4 Å². The number of nitrogens with zero attached hydrogens (tertiary/aromatic N) is 1. The minimum absolute atomic E-state index is 0.200. The van der Waals surface area contributed by atoms with E-state index in [-0.39, 0.29) is 11.1 Å². The molecule has 2 aromatic carbocycles. The van der Waals surface area contributed by atoms with E-state index in [2.05, 4.69) is 4.98 Å². The number of H-pyrrole nitrogens is 1. The predicted molar refractivity (Wildman–Crippen MR) is 127 cm³/mol. The molecule has 3 N–H and O–H groups in total. The molecule has 0 radical (unpaired) electrons. The lowest BCUT2D eigenvalue weighted by atomic mass is 9.80. The molecular weight excluding hydrogens is 472 g/mol. The van der Waals surface area contributed by atoms with Crippen molar-refractivity contribution in [2.24, 2.45) is 0 Å². The molecule has 9 nitrogen and oxygen atoms in total. The monoisotopic (exact) mass is 494 g/mol. The molecule has 10 heteroatoms. The molecule has 3 saturated heterocycles. The van der Waals surface area contributed by atoms with E-state index in [1.807, 2.05) is 0 Å². The van der Waals surface area contributed by atoms with Gasteiger partial charge in [0.2, 0.25) is 5.06 Å². The number of aromatic nitrogens is 2. The Morgan fingerprint density at radius 3 is 2.17 bits per heavy atom. The standard InChI is InChI=1S/C25H22N2O7S/c1-14-7-3-5-9-16(14)19(29)21(31)25-23(33,20(30)17-10-6-4-8-15(17)2)13-24(34-25,35-25)27-12-11-18(28)26-22(27)32/h3-12,21,31,33H,13H2,1-2H3,(H,26,28,32)/t21?,23-,24+,25+/m1/s1. The zero-order valence-corrected chi connectivity index (χ0v) is 19.7. The Balaban J connectivity index is 1.64. The molecule has 4 heterocycles. The molecule has 2 bridgehead atoms. The maximum atomic E-state index is 13.8. The van der Waals surface area contributed by atoms with E-state index in [0.29, 0.717) is 11.1 Å². The number of hydrogen-bond acceptors (Lipinski definition) is 8. The summed E-state index contributed by atoms with van der Waals surface area (Å²) < 4.78 is 7.08. The van der Waals surface area contributed by atoms with Crippen LogP contribution in [0.25, 0.3) is 0 Å². The fraction of sp³-hybridized carbons (Fsp3) is 0.280. The number of carbonyl (C=O) groups is 2. The highest BCUT2D eigenvalue weighted by atomic mass is 32.2. The van der Waals surface area contributed by atoms with Crippen molar-refractivity contribution in [1.82, 2.24) is 9.55 Å². The molecule has 3 aliphatic heterocycles. The fourth-order valence-electron chi connectivity index (χ4n) is 4.83. The van der Waals surface area contributed by atoms with E-state index >= 15 is 0 Å². The van der Waals surface area contributed by atoms with E-state index in [0.717, 1.165) is 22.4 Å². The van der Waals surface area contributed by atoms with Crippen LogP contribution in [0.1, 0.15) is 38.3 Å². The quantitative estimate of drug-likeness (QED) is 0.438. The fourth-order valence-corrected chi connectivity index (χ4v) is 6.62. The minimum Gasteiger partial charge on any atom is -0.381 e. The van der Waals surface area contributed by atoms with Crippen LogP contribution in [0, 0.1) is 13.8 Å². The van der Waals surface area contributed by atoms with Gasteiger partial charge in [0.25, 0.3) is 5.56 Å². The summed E-state index contributed by atoms with van der Waals surface area (Å²) in [5, 5.41) is 21.6. The highest BCUT2D eigenvalue weighted by Crippen LogP contribution is 2.72. The summed E-state index contributed by atoms with van der Waals surface area (Å²) in [5.41, 5.74) is -2.20. The number of fused-ring (bicyclic) bond motifs is 1. The van der Waals surface area contributed by atoms with Gasteiger partial charge in [-0.3, -0.25) is 23.9 Å². The second kappa shape index (κ2) is 7.85. The van der Waals surface area contributed by atoms with Crippen molar-refractivity contribution in [3.05, 3.63) is 104 Å². The number of nitrogens with one attached hydrogen (secondary N) is 1. The lowest BCUT2D eigenvalue weighted by Crippen LogP contribution is -2.66. The average Bonchev–Trinajstić information content (AvgIpc) is 3.23. The SMILES string of the molecule is Cc1ccccc1C(=O)C(O)[C@@]12O[C@@](n3ccc(=O)[nH]c3=O)(C[C@@]1(O)C(=O)c1ccccc1C)S2. The largest absolute Gasteiger partial charge is 0.381 e. The summed E-state index contributed by atoms with van der Waals surface area (Å²) in [6, 6.07) is 14.4. The highest BCUT2D eigenvalue weighted by Gasteiger charge is 2.83. The molecule has 6 rings (SSSR count). The Bertz CT molecular complexity index is 1490. The number of carbonyl (C=O) groups excluding carboxylic acids is 2. The van der Waals surface area contributed by atoms with Crippen molar-refractivity contribution < 1.29 is 24.5 Å². The lowest BCUT2D eigenvalue weighted by molar-refractivity contribution is -0.156. The molecule has 1 aromatic heterocycles. The van der Waals surface area contributed by atoms with Gasteiger partial charge >= 0.3 is 5.69 Å². The Morgan fingerprint density at radius 1 is 1.03 bits per heavy atom. The molecule has 180 valence electrons. The number of Topliss-reactive ketones (excluding diaryl/α,β-unsaturated/α-hetero) is 2. The predicted octanol–water partition coefficient (Wildman–Crippen LogP) is 1.48. The summed E-state index contributed by atoms with van der Waals surface area (Å²) in [6.45, 7) is 3.41. The van der Waals surface area contributed by atoms with Crippen LogP contribution in [-0.2, 0) is 9.79 Å². The zero-order valence-electron chi connectivity index (χ0n) is 18.8. The van der Waals surface area contributed by atoms with Crippen LogP contribution in [0.2, 0.25) is 0 Å². The van der Waals surface area contributed by atoms with Crippen molar-refractivity contribution >= 4 is 23.3 Å². The van der Waals surface area contributed by atoms with E-state index < -0.39 is 50.9 Å². The number of benzene rings is 2. The van der Waals surface area contributed by atoms with Gasteiger partial charge in [0.1, 0.15) is 0 Å². The first-order chi connectivity index (χ1) is 16.5. The number of aliphatic hydroxyl groups excluding tert-OH is 1. The Hall–Kier alpha value is -3.31. The van der Waals surface area contributed by atoms with E-state index in [4.69, 9.17) is 4.74 Å². The van der Waals surface area contributed by atoms with Gasteiger partial charge < -0.3 is 14.9 Å². The summed E-state index contributed by atoms with van der Waals surface area (Å²) in [4.78, 5) is 51.3. The summed E-state index contributed by atoms with van der Waals surface area (Å²) >= 11 is 0.812. The maximum Gasteiger partial charge on any atom is 0.331 e. The first-order valence-electron chi connectivity index (χ1n) is 10.9. The van der Waals surface area contributed by atoms with Crippen LogP contribution in [0.3, 0.4) is 0 Å². The maximum absolute atomic E-state index is 13.8. The molecule has 0 saturated carbocycles. The molecule has 3 aromatic rings. The van der Waals surface area contributed by atoms with Crippen LogP contribution in [0.5, 0.6) is 0 Å². The molecule has 0 amide bonds. The molecular formula is C25H22N2O7S. The lowest BCUT2D eigenvalue weighted by Gasteiger charge is -2.50. The van der Waals surface area contributed by atoms with Crippen molar-refractivity contribution in [2.45, 2.75) is 42.0 Å². The van der Waals surface area contributed by atoms with Gasteiger partial charge in [0.15, 0.2) is 28.2 Å². The number of aryl methyl sites for hydroxylation is 2. The summed E-state index contributed by atoms with van der Waals surface area (Å²) in [7, 11) is 0. The number of ketones is 2. The van der Waals surface area contributed by atoms with Gasteiger partial charge in [-0.1, -0.05) is 60.3 Å². The zero-order chi connectivity index (χ0) is 25.2. The van der Waals surface area contributed by atoms with E-state index in [1.54, 1.807) is 50.2 Å². The molecule has 35 heavy (non-hydrogen) atoms. The highest BCUT2D eigenvalue weighted by molar-refractivity contribution is 8.02. The molecule has 3 aliphatic rings. The number of aliphatic hydroxyl groups is 2. The normalized spacial score (nSPS) is 27.8. The number of rotatable bonds is 6. The van der Waals surface area contributed by atoms with Gasteiger partial charge in [0, 0.05) is 29.8 Å². The van der Waals surface area contributed by atoms with Crippen LogP contribution < -0.4 is 11.2 Å². The van der Waals surface area contributed by atoms with Gasteiger partial charge in [-0.25, -0.2) is 4.79 Å². The van der Waals surface area contributed by atoms with Crippen molar-refractivity contribution in [3.8, 4) is 0 Å². The third-order valence-corrected chi connectivity index (χ3v) is 8.34. The molecule has 3 fully saturated rings. The number of thioether (sulfide) groups is 1. The molecule has 0 aliphatic carbocycles.